The molecule has 17 heavy (non-hydrogen) atoms. The van der Waals surface area contributed by atoms with E-state index in [0.29, 0.717) is 0 Å². The molecule has 0 saturated carbocycles. The van der Waals surface area contributed by atoms with Gasteiger partial charge in [-0.3, -0.25) is 0 Å². The van der Waals surface area contributed by atoms with E-state index in [0.717, 1.165) is 20.7 Å². The van der Waals surface area contributed by atoms with Crippen LogP contribution in [0.3, 0.4) is 0 Å². The molecule has 0 spiro atoms. The summed E-state index contributed by atoms with van der Waals surface area (Å²) in [6.45, 7) is 0. The zero-order valence-electron chi connectivity index (χ0n) is 9.06. The van der Waals surface area contributed by atoms with E-state index >= 15 is 0 Å². The van der Waals surface area contributed by atoms with Crippen molar-refractivity contribution in [3.05, 3.63) is 64.1 Å². The third-order valence-electron chi connectivity index (χ3n) is 2.30. The zero-order chi connectivity index (χ0) is 12.1. The van der Waals surface area contributed by atoms with Crippen LogP contribution >= 0.6 is 27.7 Å². The largest absolute Gasteiger partial charge is 0.192 e. The topological polar surface area (TPSA) is 23.8 Å². The summed E-state index contributed by atoms with van der Waals surface area (Å²) in [5, 5.41) is 9.03. The molecule has 0 N–H and O–H groups in total. The van der Waals surface area contributed by atoms with Crippen molar-refractivity contribution in [3.8, 4) is 6.07 Å². The molecule has 0 aliphatic rings. The van der Waals surface area contributed by atoms with Crippen molar-refractivity contribution < 1.29 is 0 Å². The van der Waals surface area contributed by atoms with Crippen LogP contribution in [0.2, 0.25) is 0 Å². The van der Waals surface area contributed by atoms with Crippen molar-refractivity contribution >= 4 is 27.7 Å². The number of halogens is 1. The van der Waals surface area contributed by atoms with Crippen LogP contribution < -0.4 is 0 Å². The van der Waals surface area contributed by atoms with Gasteiger partial charge in [0.15, 0.2) is 0 Å². The Kier molecular flexibility index (Phi) is 4.24. The maximum Gasteiger partial charge on any atom is 0.100 e. The monoisotopic (exact) mass is 303 g/mol. The molecule has 0 amide bonds. The van der Waals surface area contributed by atoms with Crippen LogP contribution in [0.25, 0.3) is 0 Å². The second-order valence-electron chi connectivity index (χ2n) is 3.53. The van der Waals surface area contributed by atoms with Crippen molar-refractivity contribution in [2.45, 2.75) is 10.6 Å². The van der Waals surface area contributed by atoms with E-state index in [1.54, 1.807) is 11.8 Å². The van der Waals surface area contributed by atoms with Gasteiger partial charge in [-0.1, -0.05) is 46.3 Å². The van der Waals surface area contributed by atoms with E-state index in [4.69, 9.17) is 5.26 Å². The molecule has 1 nitrogen and oxygen atoms in total. The summed E-state index contributed by atoms with van der Waals surface area (Å²) < 4.78 is 1.01. The molecule has 0 fully saturated rings. The summed E-state index contributed by atoms with van der Waals surface area (Å²) in [5.41, 5.74) is 2.00. The van der Waals surface area contributed by atoms with Gasteiger partial charge in [0.25, 0.3) is 0 Å². The number of benzene rings is 2. The number of thioether (sulfide) groups is 1. The van der Waals surface area contributed by atoms with Crippen molar-refractivity contribution in [2.24, 2.45) is 0 Å². The third-order valence-corrected chi connectivity index (χ3v) is 3.92. The highest BCUT2D eigenvalue weighted by Gasteiger charge is 2.03. The summed E-state index contributed by atoms with van der Waals surface area (Å²) >= 11 is 5.12. The Hall–Kier alpha value is -1.24. The number of hydrogen-bond donors (Lipinski definition) is 0. The van der Waals surface area contributed by atoms with Gasteiger partial charge in [-0.25, -0.2) is 0 Å². The fraction of sp³-hybridized carbons (Fsp3) is 0.0714. The van der Waals surface area contributed by atoms with Gasteiger partial charge in [-0.05, 0) is 23.8 Å². The lowest BCUT2D eigenvalue weighted by Gasteiger charge is -2.04. The molecular formula is C14H10BrNS. The quantitative estimate of drug-likeness (QED) is 0.773. The van der Waals surface area contributed by atoms with E-state index in [2.05, 4.69) is 34.1 Å². The molecule has 84 valence electrons. The number of nitrogens with zero attached hydrogens (tertiary/aromatic N) is 1. The number of nitriles is 1. The first-order chi connectivity index (χ1) is 8.29. The first kappa shape index (κ1) is 12.2. The van der Waals surface area contributed by atoms with Crippen LogP contribution in [-0.4, -0.2) is 0 Å². The summed E-state index contributed by atoms with van der Waals surface area (Å²) in [6.07, 6.45) is 0. The number of hydrogen-bond acceptors (Lipinski definition) is 2. The van der Waals surface area contributed by atoms with Crippen molar-refractivity contribution in [2.75, 3.05) is 0 Å². The molecule has 0 aliphatic carbocycles. The maximum atomic E-state index is 9.03. The fourth-order valence-electron chi connectivity index (χ4n) is 1.44. The summed E-state index contributed by atoms with van der Waals surface area (Å²) in [6, 6.07) is 18.2. The van der Waals surface area contributed by atoms with Gasteiger partial charge in [-0.15, -0.1) is 11.8 Å². The molecule has 0 saturated heterocycles. The molecule has 0 heterocycles. The Balaban J connectivity index is 2.14. The van der Waals surface area contributed by atoms with E-state index in [9.17, 15) is 0 Å². The molecule has 3 heteroatoms. The first-order valence-electron chi connectivity index (χ1n) is 5.16. The van der Waals surface area contributed by atoms with E-state index in [1.165, 1.54) is 5.56 Å². The maximum absolute atomic E-state index is 9.03. The van der Waals surface area contributed by atoms with Crippen LogP contribution in [0, 0.1) is 11.3 Å². The molecule has 0 atom stereocenters. The van der Waals surface area contributed by atoms with Crippen molar-refractivity contribution in [1.29, 1.82) is 5.26 Å². The summed E-state index contributed by atoms with van der Waals surface area (Å²) in [4.78, 5) is 1.02. The average Bonchev–Trinajstić information content (AvgIpc) is 2.38. The highest BCUT2D eigenvalue weighted by molar-refractivity contribution is 9.10. The van der Waals surface area contributed by atoms with Gasteiger partial charge in [-0.2, -0.15) is 5.26 Å². The third kappa shape index (κ3) is 3.36. The minimum Gasteiger partial charge on any atom is -0.192 e. The van der Waals surface area contributed by atoms with Crippen LogP contribution in [-0.2, 0) is 5.75 Å². The van der Waals surface area contributed by atoms with Gasteiger partial charge >= 0.3 is 0 Å². The second-order valence-corrected chi connectivity index (χ2v) is 5.46. The highest BCUT2D eigenvalue weighted by atomic mass is 79.9. The normalized spacial score (nSPS) is 9.88. The van der Waals surface area contributed by atoms with Crippen molar-refractivity contribution in [3.63, 3.8) is 0 Å². The Bertz CT molecular complexity index is 546. The minimum absolute atomic E-state index is 0.731. The Morgan fingerprint density at radius 3 is 2.59 bits per heavy atom. The molecule has 0 bridgehead atoms. The molecule has 2 aromatic carbocycles. The lowest BCUT2D eigenvalue weighted by atomic mass is 10.2. The second kappa shape index (κ2) is 5.90. The van der Waals surface area contributed by atoms with Gasteiger partial charge in [0.1, 0.15) is 6.07 Å². The predicted molar refractivity (Wildman–Crippen MR) is 74.9 cm³/mol. The van der Waals surface area contributed by atoms with Crippen LogP contribution in [0.4, 0.5) is 0 Å². The van der Waals surface area contributed by atoms with Gasteiger partial charge in [0.05, 0.1) is 5.56 Å². The Labute approximate surface area is 114 Å². The van der Waals surface area contributed by atoms with Gasteiger partial charge < -0.3 is 0 Å². The van der Waals surface area contributed by atoms with Gasteiger partial charge in [0.2, 0.25) is 0 Å². The van der Waals surface area contributed by atoms with E-state index in [-0.39, 0.29) is 0 Å². The summed E-state index contributed by atoms with van der Waals surface area (Å²) in [5.74, 6) is 0.881. The molecule has 2 aromatic rings. The van der Waals surface area contributed by atoms with E-state index in [1.807, 2.05) is 36.4 Å². The smallest absolute Gasteiger partial charge is 0.100 e. The van der Waals surface area contributed by atoms with Gasteiger partial charge in [0, 0.05) is 15.1 Å². The molecular weight excluding hydrogens is 294 g/mol. The zero-order valence-corrected chi connectivity index (χ0v) is 11.5. The predicted octanol–water partition coefficient (Wildman–Crippen LogP) is 4.61. The standard InChI is InChI=1S/C14H10BrNS/c15-13-7-6-12(9-16)14(8-13)17-10-11-4-2-1-3-5-11/h1-8H,10H2. The summed E-state index contributed by atoms with van der Waals surface area (Å²) in [7, 11) is 0. The van der Waals surface area contributed by atoms with E-state index < -0.39 is 0 Å². The van der Waals surface area contributed by atoms with Crippen LogP contribution in [0.5, 0.6) is 0 Å². The Morgan fingerprint density at radius 2 is 1.88 bits per heavy atom. The SMILES string of the molecule is N#Cc1ccc(Br)cc1SCc1ccccc1. The highest BCUT2D eigenvalue weighted by Crippen LogP contribution is 2.28. The molecule has 0 radical (unpaired) electrons. The molecule has 2 rings (SSSR count). The van der Waals surface area contributed by atoms with Crippen LogP contribution in [0.1, 0.15) is 11.1 Å². The number of rotatable bonds is 3. The first-order valence-corrected chi connectivity index (χ1v) is 6.94. The minimum atomic E-state index is 0.731. The van der Waals surface area contributed by atoms with Crippen molar-refractivity contribution in [1.82, 2.24) is 0 Å². The molecule has 0 aliphatic heterocycles. The lowest BCUT2D eigenvalue weighted by molar-refractivity contribution is 1.33. The average molecular weight is 304 g/mol. The Morgan fingerprint density at radius 1 is 1.12 bits per heavy atom. The lowest BCUT2D eigenvalue weighted by Crippen LogP contribution is -1.84. The molecule has 0 aromatic heterocycles. The van der Waals surface area contributed by atoms with Crippen LogP contribution in [0.15, 0.2) is 57.9 Å². The molecule has 0 unspecified atom stereocenters. The fourth-order valence-corrected chi connectivity index (χ4v) is 2.95.